The van der Waals surface area contributed by atoms with Crippen LogP contribution in [0.5, 0.6) is 0 Å². The summed E-state index contributed by atoms with van der Waals surface area (Å²) >= 11 is 4.32. The Morgan fingerprint density at radius 1 is 1.08 bits per heavy atom. The van der Waals surface area contributed by atoms with Gasteiger partial charge in [0.05, 0.1) is 15.9 Å². The van der Waals surface area contributed by atoms with E-state index in [4.69, 9.17) is 0 Å². The number of alkyl halides is 3. The molecule has 13 heteroatoms. The number of likely N-dealkylation sites (tertiary alicyclic amines) is 1. The molecule has 0 amide bonds. The van der Waals surface area contributed by atoms with E-state index < -0.39 is 33.3 Å². The van der Waals surface area contributed by atoms with Gasteiger partial charge in [0.1, 0.15) is 10.5 Å². The highest BCUT2D eigenvalue weighted by atomic mass is 79.9. The Hall–Kier alpha value is -2.64. The maximum Gasteiger partial charge on any atom is 0.416 e. The van der Waals surface area contributed by atoms with Crippen LogP contribution in [0.4, 0.5) is 28.4 Å². The average Bonchev–Trinajstić information content (AvgIpc) is 2.86. The van der Waals surface area contributed by atoms with Crippen molar-refractivity contribution in [2.45, 2.75) is 38.4 Å². The summed E-state index contributed by atoms with van der Waals surface area (Å²) in [5.41, 5.74) is -1.71. The van der Waals surface area contributed by atoms with E-state index in [0.29, 0.717) is 30.4 Å². The third kappa shape index (κ3) is 5.41. The molecule has 1 aromatic heterocycles. The monoisotopic (exact) mass is 614 g/mol. The molecule has 3 heterocycles. The van der Waals surface area contributed by atoms with Gasteiger partial charge in [0.2, 0.25) is 0 Å². The number of hydrogen-bond donors (Lipinski definition) is 0. The smallest absolute Gasteiger partial charge is 0.348 e. The van der Waals surface area contributed by atoms with Crippen LogP contribution in [0.1, 0.15) is 36.8 Å². The number of nitro groups is 1. The number of piperidine rings is 2. The second-order valence-electron chi connectivity index (χ2n) is 9.93. The van der Waals surface area contributed by atoms with Gasteiger partial charge in [-0.25, -0.2) is 4.39 Å². The normalized spacial score (nSPS) is 18.3. The van der Waals surface area contributed by atoms with Crippen molar-refractivity contribution in [2.24, 2.45) is 5.41 Å². The third-order valence-corrected chi connectivity index (χ3v) is 9.54. The Morgan fingerprint density at radius 3 is 2.34 bits per heavy atom. The fourth-order valence-corrected chi connectivity index (χ4v) is 6.92. The van der Waals surface area contributed by atoms with Crippen molar-refractivity contribution in [3.8, 4) is 0 Å². The molecule has 0 saturated carbocycles. The quantitative estimate of drug-likeness (QED) is 0.193. The highest BCUT2D eigenvalue weighted by Gasteiger charge is 2.39. The molecule has 0 aliphatic carbocycles. The zero-order chi connectivity index (χ0) is 27.2. The number of rotatable bonds is 4. The fraction of sp³-hybridized carbons (Fsp3) is 0.440. The van der Waals surface area contributed by atoms with Crippen molar-refractivity contribution in [3.05, 3.63) is 72.2 Å². The zero-order valence-corrected chi connectivity index (χ0v) is 22.5. The number of non-ortho nitro benzene ring substituents is 1. The fourth-order valence-electron chi connectivity index (χ4n) is 5.32. The molecule has 0 atom stereocenters. The molecular formula is C25H23BrF4N4O3S. The molecule has 0 unspecified atom stereocenters. The molecule has 1 spiro atoms. The van der Waals surface area contributed by atoms with Crippen molar-refractivity contribution in [1.82, 2.24) is 9.88 Å². The van der Waals surface area contributed by atoms with Crippen molar-refractivity contribution in [1.29, 1.82) is 0 Å². The number of nitro benzene ring substituents is 1. The van der Waals surface area contributed by atoms with Crippen LogP contribution >= 0.6 is 27.3 Å². The molecule has 5 rings (SSSR count). The second kappa shape index (κ2) is 10.2. The molecular weight excluding hydrogens is 592 g/mol. The average molecular weight is 615 g/mol. The Morgan fingerprint density at radius 2 is 1.74 bits per heavy atom. The van der Waals surface area contributed by atoms with E-state index in [9.17, 15) is 32.5 Å². The van der Waals surface area contributed by atoms with Gasteiger partial charge in [-0.2, -0.15) is 18.2 Å². The minimum atomic E-state index is -4.82. The van der Waals surface area contributed by atoms with Crippen LogP contribution in [0, 0.1) is 21.3 Å². The van der Waals surface area contributed by atoms with E-state index in [0.717, 1.165) is 66.7 Å². The summed E-state index contributed by atoms with van der Waals surface area (Å²) in [7, 11) is 0. The van der Waals surface area contributed by atoms with Gasteiger partial charge in [0.25, 0.3) is 11.2 Å². The summed E-state index contributed by atoms with van der Waals surface area (Å²) in [6.45, 7) is 3.74. The molecule has 2 fully saturated rings. The first kappa shape index (κ1) is 26.9. The largest absolute Gasteiger partial charge is 0.416 e. The summed E-state index contributed by atoms with van der Waals surface area (Å²) in [5, 5.41) is 11.5. The third-order valence-electron chi connectivity index (χ3n) is 7.63. The highest BCUT2D eigenvalue weighted by molar-refractivity contribution is 9.10. The minimum Gasteiger partial charge on any atom is -0.348 e. The first-order chi connectivity index (χ1) is 17.9. The number of benzene rings is 2. The SMILES string of the molecule is O=c1nc(N2CCC3(CCN(Cc4ccc(F)cc4Br)CC3)CC2)sc2c([N+](=O)[O-])cc(C(F)(F)F)cc12. The molecule has 0 N–H and O–H groups in total. The van der Waals surface area contributed by atoms with Crippen LogP contribution in [-0.4, -0.2) is 41.0 Å². The maximum atomic E-state index is 13.4. The van der Waals surface area contributed by atoms with E-state index in [-0.39, 0.29) is 15.9 Å². The molecule has 2 aliphatic rings. The van der Waals surface area contributed by atoms with Gasteiger partial charge in [0, 0.05) is 30.2 Å². The van der Waals surface area contributed by atoms with Crippen LogP contribution in [-0.2, 0) is 12.7 Å². The zero-order valence-electron chi connectivity index (χ0n) is 20.1. The Kier molecular flexibility index (Phi) is 7.20. The molecule has 2 aromatic carbocycles. The molecule has 2 aliphatic heterocycles. The van der Waals surface area contributed by atoms with Crippen LogP contribution in [0.15, 0.2) is 39.6 Å². The Bertz CT molecular complexity index is 1450. The van der Waals surface area contributed by atoms with Crippen molar-refractivity contribution in [2.75, 3.05) is 31.1 Å². The van der Waals surface area contributed by atoms with Crippen LogP contribution in [0.25, 0.3) is 10.1 Å². The van der Waals surface area contributed by atoms with Crippen molar-refractivity contribution >= 4 is 48.2 Å². The molecule has 7 nitrogen and oxygen atoms in total. The lowest BCUT2D eigenvalue weighted by molar-refractivity contribution is -0.383. The van der Waals surface area contributed by atoms with Gasteiger partial charge in [-0.3, -0.25) is 19.8 Å². The van der Waals surface area contributed by atoms with Gasteiger partial charge >= 0.3 is 6.18 Å². The summed E-state index contributed by atoms with van der Waals surface area (Å²) in [5.74, 6) is -0.281. The first-order valence-corrected chi connectivity index (χ1v) is 13.7. The lowest BCUT2D eigenvalue weighted by Crippen LogP contribution is -2.47. The van der Waals surface area contributed by atoms with Crippen LogP contribution < -0.4 is 10.5 Å². The van der Waals surface area contributed by atoms with Gasteiger partial charge in [0.15, 0.2) is 5.13 Å². The van der Waals surface area contributed by atoms with E-state index in [2.05, 4.69) is 25.8 Å². The number of anilines is 1. The van der Waals surface area contributed by atoms with Gasteiger partial charge in [-0.05, 0) is 68.0 Å². The number of nitrogens with zero attached hydrogens (tertiary/aromatic N) is 4. The van der Waals surface area contributed by atoms with E-state index in [1.54, 1.807) is 6.07 Å². The van der Waals surface area contributed by atoms with E-state index >= 15 is 0 Å². The predicted molar refractivity (Wildman–Crippen MR) is 140 cm³/mol. The lowest BCUT2D eigenvalue weighted by Gasteiger charge is -2.47. The Labute approximate surface area is 227 Å². The number of hydrogen-bond acceptors (Lipinski definition) is 7. The molecule has 2 saturated heterocycles. The topological polar surface area (TPSA) is 79.6 Å². The number of fused-ring (bicyclic) bond motifs is 1. The summed E-state index contributed by atoms with van der Waals surface area (Å²) in [6, 6.07) is 5.83. The van der Waals surface area contributed by atoms with E-state index in [1.807, 2.05) is 4.90 Å². The van der Waals surface area contributed by atoms with Gasteiger partial charge < -0.3 is 4.90 Å². The Balaban J connectivity index is 1.29. The van der Waals surface area contributed by atoms with Crippen molar-refractivity contribution < 1.29 is 22.5 Å². The number of aromatic nitrogens is 1. The molecule has 0 radical (unpaired) electrons. The highest BCUT2D eigenvalue weighted by Crippen LogP contribution is 2.44. The minimum absolute atomic E-state index is 0.0986. The van der Waals surface area contributed by atoms with Gasteiger partial charge in [-0.15, -0.1) is 0 Å². The standard InChI is InChI=1S/C25H23BrF4N4O3S/c26-19-13-17(27)2-1-15(19)14-32-7-3-24(4-8-32)5-9-33(10-6-24)23-31-22(35)18-11-16(25(28,29)30)12-20(34(36)37)21(18)38-23/h1-2,11-13H,3-10,14H2. The molecule has 38 heavy (non-hydrogen) atoms. The second-order valence-corrected chi connectivity index (χ2v) is 11.8. The first-order valence-electron chi connectivity index (χ1n) is 12.1. The predicted octanol–water partition coefficient (Wildman–Crippen LogP) is 6.37. The van der Waals surface area contributed by atoms with E-state index in [1.165, 1.54) is 12.1 Å². The van der Waals surface area contributed by atoms with Gasteiger partial charge in [-0.1, -0.05) is 33.3 Å². The molecule has 0 bridgehead atoms. The summed E-state index contributed by atoms with van der Waals surface area (Å²) in [4.78, 5) is 31.6. The van der Waals surface area contributed by atoms with Crippen LogP contribution in [0.2, 0.25) is 0 Å². The summed E-state index contributed by atoms with van der Waals surface area (Å²) < 4.78 is 53.7. The molecule has 3 aromatic rings. The number of halogens is 5. The lowest BCUT2D eigenvalue weighted by atomic mass is 9.71. The maximum absolute atomic E-state index is 13.4. The van der Waals surface area contributed by atoms with Crippen molar-refractivity contribution in [3.63, 3.8) is 0 Å². The van der Waals surface area contributed by atoms with Crippen LogP contribution in [0.3, 0.4) is 0 Å². The molecule has 202 valence electrons. The summed E-state index contributed by atoms with van der Waals surface area (Å²) in [6.07, 6.45) is -1.12.